The van der Waals surface area contributed by atoms with Crippen molar-refractivity contribution >= 4 is 26.8 Å². The van der Waals surface area contributed by atoms with E-state index < -0.39 is 11.4 Å². The topological polar surface area (TPSA) is 56.6 Å². The van der Waals surface area contributed by atoms with Crippen molar-refractivity contribution in [3.8, 4) is 6.07 Å². The van der Waals surface area contributed by atoms with E-state index in [1.165, 1.54) is 12.1 Å². The Morgan fingerprint density at radius 3 is 2.81 bits per heavy atom. The molecule has 0 fully saturated rings. The van der Waals surface area contributed by atoms with Crippen molar-refractivity contribution in [1.82, 2.24) is 4.98 Å². The molecule has 1 heterocycles. The number of hydrogen-bond acceptors (Lipinski definition) is 2. The zero-order valence-electron chi connectivity index (χ0n) is 8.27. The fourth-order valence-electron chi connectivity index (χ4n) is 1.52. The van der Waals surface area contributed by atoms with Gasteiger partial charge in [-0.3, -0.25) is 4.79 Å². The normalized spacial score (nSPS) is 10.4. The molecule has 1 N–H and O–H groups in total. The monoisotopic (exact) mass is 280 g/mol. The van der Waals surface area contributed by atoms with Crippen LogP contribution in [0.5, 0.6) is 0 Å². The molecular formula is C11H6BrFN2O. The number of halogens is 2. The predicted octanol–water partition coefficient (Wildman–Crippen LogP) is 2.61. The summed E-state index contributed by atoms with van der Waals surface area (Å²) < 4.78 is 14.2. The van der Waals surface area contributed by atoms with Gasteiger partial charge in [0, 0.05) is 9.86 Å². The highest BCUT2D eigenvalue weighted by Gasteiger charge is 2.10. The van der Waals surface area contributed by atoms with Crippen LogP contribution in [0.15, 0.2) is 21.4 Å². The third-order valence-electron chi connectivity index (χ3n) is 2.42. The fourth-order valence-corrected chi connectivity index (χ4v) is 1.93. The molecule has 2 rings (SSSR count). The molecule has 0 aliphatic rings. The largest absolute Gasteiger partial charge is 0.318 e. The highest BCUT2D eigenvalue weighted by molar-refractivity contribution is 9.10. The number of rotatable bonds is 0. The lowest BCUT2D eigenvalue weighted by Gasteiger charge is -2.05. The number of nitrogens with zero attached hydrogens (tertiary/aromatic N) is 1. The first-order valence-corrected chi connectivity index (χ1v) is 5.25. The van der Waals surface area contributed by atoms with Crippen molar-refractivity contribution in [2.24, 2.45) is 0 Å². The molecule has 0 saturated carbocycles. The molecule has 5 heteroatoms. The number of fused-ring (bicyclic) bond motifs is 1. The van der Waals surface area contributed by atoms with Gasteiger partial charge in [-0.05, 0) is 24.6 Å². The molecule has 0 saturated heterocycles. The molecule has 0 atom stereocenters. The maximum Gasteiger partial charge on any atom is 0.266 e. The zero-order chi connectivity index (χ0) is 11.9. The highest BCUT2D eigenvalue weighted by atomic mass is 79.9. The molecule has 0 bridgehead atoms. The SMILES string of the molecule is Cc1c(Br)cc(F)c2[nH]c(=O)c(C#N)cc12. The Kier molecular flexibility index (Phi) is 2.52. The maximum atomic E-state index is 13.6. The van der Waals surface area contributed by atoms with Crippen LogP contribution < -0.4 is 5.56 Å². The molecule has 0 radical (unpaired) electrons. The molecule has 0 aliphatic carbocycles. The van der Waals surface area contributed by atoms with Crippen LogP contribution >= 0.6 is 15.9 Å². The van der Waals surface area contributed by atoms with Gasteiger partial charge < -0.3 is 4.98 Å². The number of hydrogen-bond donors (Lipinski definition) is 1. The number of aromatic nitrogens is 1. The molecule has 0 amide bonds. The van der Waals surface area contributed by atoms with E-state index >= 15 is 0 Å². The molecular weight excluding hydrogens is 275 g/mol. The van der Waals surface area contributed by atoms with Gasteiger partial charge in [-0.1, -0.05) is 15.9 Å². The number of nitrogens with one attached hydrogen (secondary N) is 1. The van der Waals surface area contributed by atoms with Gasteiger partial charge in [-0.15, -0.1) is 0 Å². The number of H-pyrrole nitrogens is 1. The van der Waals surface area contributed by atoms with Crippen LogP contribution in [0.1, 0.15) is 11.1 Å². The molecule has 1 aromatic heterocycles. The van der Waals surface area contributed by atoms with E-state index in [1.54, 1.807) is 13.0 Å². The van der Waals surface area contributed by atoms with Crippen molar-refractivity contribution < 1.29 is 4.39 Å². The average Bonchev–Trinajstić information content (AvgIpc) is 2.25. The van der Waals surface area contributed by atoms with Crippen LogP contribution in [0.25, 0.3) is 10.9 Å². The fraction of sp³-hybridized carbons (Fsp3) is 0.0909. The second kappa shape index (κ2) is 3.72. The summed E-state index contributed by atoms with van der Waals surface area (Å²) in [5.41, 5.74) is 0.317. The van der Waals surface area contributed by atoms with E-state index in [0.717, 1.165) is 5.56 Å². The lowest BCUT2D eigenvalue weighted by Crippen LogP contribution is -2.10. The van der Waals surface area contributed by atoms with Gasteiger partial charge in [0.05, 0.1) is 5.52 Å². The van der Waals surface area contributed by atoms with E-state index in [4.69, 9.17) is 5.26 Å². The van der Waals surface area contributed by atoms with Gasteiger partial charge >= 0.3 is 0 Å². The van der Waals surface area contributed by atoms with Crippen molar-refractivity contribution in [3.63, 3.8) is 0 Å². The Morgan fingerprint density at radius 1 is 1.50 bits per heavy atom. The summed E-state index contributed by atoms with van der Waals surface area (Å²) in [4.78, 5) is 13.7. The number of pyridine rings is 1. The summed E-state index contributed by atoms with van der Waals surface area (Å²) in [6, 6.07) is 4.46. The van der Waals surface area contributed by atoms with Crippen LogP contribution in [0.3, 0.4) is 0 Å². The molecule has 80 valence electrons. The van der Waals surface area contributed by atoms with Gasteiger partial charge in [0.1, 0.15) is 17.4 Å². The third-order valence-corrected chi connectivity index (χ3v) is 3.24. The van der Waals surface area contributed by atoms with Crippen molar-refractivity contribution in [2.45, 2.75) is 6.92 Å². The van der Waals surface area contributed by atoms with Gasteiger partial charge in [-0.25, -0.2) is 4.39 Å². The van der Waals surface area contributed by atoms with Gasteiger partial charge in [0.15, 0.2) is 0 Å². The second-order valence-electron chi connectivity index (χ2n) is 3.38. The minimum Gasteiger partial charge on any atom is -0.318 e. The standard InChI is InChI=1S/C11H6BrFN2O/c1-5-7-2-6(4-14)11(16)15-10(7)9(13)3-8(5)12/h2-3H,1H3,(H,15,16). The Hall–Kier alpha value is -1.67. The summed E-state index contributed by atoms with van der Waals surface area (Å²) >= 11 is 3.22. The predicted molar refractivity (Wildman–Crippen MR) is 61.7 cm³/mol. The van der Waals surface area contributed by atoms with Crippen LogP contribution in [0.4, 0.5) is 4.39 Å². The van der Waals surface area contributed by atoms with Gasteiger partial charge in [0.25, 0.3) is 5.56 Å². The lowest BCUT2D eigenvalue weighted by molar-refractivity contribution is 0.635. The number of aryl methyl sites for hydroxylation is 1. The summed E-state index contributed by atoms with van der Waals surface area (Å²) in [6.07, 6.45) is 0. The molecule has 0 spiro atoms. The first-order valence-electron chi connectivity index (χ1n) is 4.46. The Labute approximate surface area is 98.6 Å². The maximum absolute atomic E-state index is 13.6. The average molecular weight is 281 g/mol. The Bertz CT molecular complexity index is 685. The number of nitriles is 1. The van der Waals surface area contributed by atoms with Gasteiger partial charge in [-0.2, -0.15) is 5.26 Å². The minimum atomic E-state index is -0.573. The molecule has 0 aliphatic heterocycles. The smallest absolute Gasteiger partial charge is 0.266 e. The van der Waals surface area contributed by atoms with E-state index in [9.17, 15) is 9.18 Å². The Balaban J connectivity index is 3.03. The minimum absolute atomic E-state index is 0.0203. The molecule has 16 heavy (non-hydrogen) atoms. The Morgan fingerprint density at radius 2 is 2.19 bits per heavy atom. The first-order chi connectivity index (χ1) is 7.54. The first kappa shape index (κ1) is 10.8. The molecule has 0 unspecified atom stereocenters. The van der Waals surface area contributed by atoms with E-state index in [2.05, 4.69) is 20.9 Å². The van der Waals surface area contributed by atoms with E-state index in [1.807, 2.05) is 0 Å². The summed E-state index contributed by atoms with van der Waals surface area (Å²) in [6.45, 7) is 1.78. The van der Waals surface area contributed by atoms with Crippen LogP contribution in [0, 0.1) is 24.1 Å². The van der Waals surface area contributed by atoms with Crippen LogP contribution in [-0.4, -0.2) is 4.98 Å². The molecule has 3 nitrogen and oxygen atoms in total. The van der Waals surface area contributed by atoms with E-state index in [0.29, 0.717) is 9.86 Å². The summed E-state index contributed by atoms with van der Waals surface area (Å²) in [5.74, 6) is -0.519. The van der Waals surface area contributed by atoms with Crippen molar-refractivity contribution in [3.05, 3.63) is 43.9 Å². The lowest BCUT2D eigenvalue weighted by atomic mass is 10.1. The van der Waals surface area contributed by atoms with Crippen LogP contribution in [0.2, 0.25) is 0 Å². The quantitative estimate of drug-likeness (QED) is 0.807. The summed E-state index contributed by atoms with van der Waals surface area (Å²) in [7, 11) is 0. The number of benzene rings is 1. The van der Waals surface area contributed by atoms with Crippen molar-refractivity contribution in [1.29, 1.82) is 5.26 Å². The number of aromatic amines is 1. The molecule has 2 aromatic rings. The molecule has 1 aromatic carbocycles. The van der Waals surface area contributed by atoms with Crippen molar-refractivity contribution in [2.75, 3.05) is 0 Å². The third kappa shape index (κ3) is 1.51. The summed E-state index contributed by atoms with van der Waals surface area (Å²) in [5, 5.41) is 9.26. The van der Waals surface area contributed by atoms with E-state index in [-0.39, 0.29) is 11.1 Å². The highest BCUT2D eigenvalue weighted by Crippen LogP contribution is 2.26. The van der Waals surface area contributed by atoms with Crippen LogP contribution in [-0.2, 0) is 0 Å². The van der Waals surface area contributed by atoms with Gasteiger partial charge in [0.2, 0.25) is 0 Å². The zero-order valence-corrected chi connectivity index (χ0v) is 9.85. The second-order valence-corrected chi connectivity index (χ2v) is 4.23.